The first-order valence-electron chi connectivity index (χ1n) is 7.48. The molecule has 1 aromatic carbocycles. The number of nitrogens with one attached hydrogen (secondary N) is 1. The summed E-state index contributed by atoms with van der Waals surface area (Å²) in [7, 11) is 1.66. The zero-order valence-electron chi connectivity index (χ0n) is 12.7. The lowest BCUT2D eigenvalue weighted by Crippen LogP contribution is -2.32. The molecule has 0 saturated heterocycles. The van der Waals surface area contributed by atoms with Crippen molar-refractivity contribution in [1.82, 2.24) is 14.7 Å². The van der Waals surface area contributed by atoms with Crippen LogP contribution in [-0.2, 0) is 26.1 Å². The highest BCUT2D eigenvalue weighted by Crippen LogP contribution is 2.18. The Labute approximate surface area is 128 Å². The van der Waals surface area contributed by atoms with Gasteiger partial charge in [0.1, 0.15) is 5.75 Å². The molecule has 2 N–H and O–H groups in total. The van der Waals surface area contributed by atoms with Crippen LogP contribution in [0.15, 0.2) is 29.1 Å². The van der Waals surface area contributed by atoms with Gasteiger partial charge in [0.15, 0.2) is 0 Å². The lowest BCUT2D eigenvalue weighted by Gasteiger charge is -2.25. The van der Waals surface area contributed by atoms with E-state index >= 15 is 0 Å². The number of aromatic amines is 1. The van der Waals surface area contributed by atoms with Gasteiger partial charge < -0.3 is 9.84 Å². The third-order valence-corrected chi connectivity index (χ3v) is 4.09. The number of aromatic nitrogens is 2. The summed E-state index contributed by atoms with van der Waals surface area (Å²) in [5, 5.41) is 12.1. The van der Waals surface area contributed by atoms with Crippen molar-refractivity contribution in [3.8, 4) is 5.75 Å². The summed E-state index contributed by atoms with van der Waals surface area (Å²) in [4.78, 5) is 14.5. The first-order chi connectivity index (χ1) is 10.7. The molecule has 118 valence electrons. The molecule has 0 amide bonds. The number of aliphatic hydroxyl groups excluding tert-OH is 1. The van der Waals surface area contributed by atoms with Crippen LogP contribution in [0.2, 0.25) is 0 Å². The highest BCUT2D eigenvalue weighted by molar-refractivity contribution is 5.27. The minimum Gasteiger partial charge on any atom is -0.497 e. The molecular weight excluding hydrogens is 282 g/mol. The molecule has 0 bridgehead atoms. The van der Waals surface area contributed by atoms with Crippen molar-refractivity contribution in [2.45, 2.75) is 26.1 Å². The van der Waals surface area contributed by atoms with Crippen LogP contribution in [0.5, 0.6) is 5.75 Å². The minimum absolute atomic E-state index is 0.0107. The summed E-state index contributed by atoms with van der Waals surface area (Å²) in [5.41, 5.74) is 3.02. The second-order valence-corrected chi connectivity index (χ2v) is 5.56. The molecule has 2 aromatic rings. The fourth-order valence-electron chi connectivity index (χ4n) is 2.90. The Bertz CT molecular complexity index is 688. The number of methoxy groups -OCH3 is 1. The van der Waals surface area contributed by atoms with Crippen LogP contribution in [-0.4, -0.2) is 40.0 Å². The fraction of sp³-hybridized carbons (Fsp3) is 0.438. The Kier molecular flexibility index (Phi) is 4.31. The molecule has 3 rings (SSSR count). The van der Waals surface area contributed by atoms with Gasteiger partial charge in [0.25, 0.3) is 5.56 Å². The lowest BCUT2D eigenvalue weighted by molar-refractivity contribution is 0.244. The zero-order valence-corrected chi connectivity index (χ0v) is 12.7. The molecule has 0 aliphatic carbocycles. The summed E-state index contributed by atoms with van der Waals surface area (Å²) in [6.07, 6.45) is 0.832. The predicted molar refractivity (Wildman–Crippen MR) is 83.0 cm³/mol. The minimum atomic E-state index is -0.0329. The molecular formula is C16H21N3O3. The number of aliphatic hydroxyl groups is 1. The van der Waals surface area contributed by atoms with Gasteiger partial charge in [0.05, 0.1) is 25.8 Å². The van der Waals surface area contributed by atoms with E-state index in [-0.39, 0.29) is 12.2 Å². The van der Waals surface area contributed by atoms with E-state index in [1.807, 2.05) is 12.1 Å². The van der Waals surface area contributed by atoms with Crippen molar-refractivity contribution in [3.63, 3.8) is 0 Å². The molecule has 0 spiro atoms. The van der Waals surface area contributed by atoms with Crippen LogP contribution >= 0.6 is 0 Å². The van der Waals surface area contributed by atoms with Gasteiger partial charge in [0, 0.05) is 31.7 Å². The van der Waals surface area contributed by atoms with Gasteiger partial charge in [-0.15, -0.1) is 0 Å². The Morgan fingerprint density at radius 3 is 2.77 bits per heavy atom. The molecule has 0 fully saturated rings. The molecule has 22 heavy (non-hydrogen) atoms. The summed E-state index contributed by atoms with van der Waals surface area (Å²) in [6.45, 7) is 2.67. The second-order valence-electron chi connectivity index (χ2n) is 5.56. The lowest BCUT2D eigenvalue weighted by atomic mass is 10.1. The third kappa shape index (κ3) is 2.93. The third-order valence-electron chi connectivity index (χ3n) is 4.09. The quantitative estimate of drug-likeness (QED) is 0.854. The van der Waals surface area contributed by atoms with E-state index in [9.17, 15) is 4.79 Å². The van der Waals surface area contributed by atoms with E-state index in [1.165, 1.54) is 10.2 Å². The number of hydrogen-bond donors (Lipinski definition) is 2. The maximum absolute atomic E-state index is 12.3. The highest BCUT2D eigenvalue weighted by Gasteiger charge is 2.22. The number of hydrogen-bond acceptors (Lipinski definition) is 4. The fourth-order valence-corrected chi connectivity index (χ4v) is 2.90. The number of fused-ring (bicyclic) bond motifs is 1. The van der Waals surface area contributed by atoms with E-state index in [1.54, 1.807) is 7.11 Å². The first-order valence-corrected chi connectivity index (χ1v) is 7.48. The molecule has 6 heteroatoms. The number of benzene rings is 1. The number of nitrogens with zero attached hydrogens (tertiary/aromatic N) is 2. The second kappa shape index (κ2) is 6.37. The zero-order chi connectivity index (χ0) is 15.5. The van der Waals surface area contributed by atoms with Gasteiger partial charge in [-0.1, -0.05) is 12.1 Å². The molecule has 0 unspecified atom stereocenters. The average Bonchev–Trinajstić information content (AvgIpc) is 2.85. The van der Waals surface area contributed by atoms with Gasteiger partial charge in [-0.3, -0.25) is 19.5 Å². The van der Waals surface area contributed by atoms with Crippen molar-refractivity contribution in [1.29, 1.82) is 0 Å². The molecule has 1 aromatic heterocycles. The van der Waals surface area contributed by atoms with E-state index < -0.39 is 0 Å². The maximum Gasteiger partial charge on any atom is 0.271 e. The first kappa shape index (κ1) is 14.9. The SMILES string of the molecule is COc1ccc(CN2CCc3[nH]n(CCO)c(=O)c3C2)cc1. The van der Waals surface area contributed by atoms with E-state index in [0.29, 0.717) is 13.1 Å². The van der Waals surface area contributed by atoms with Gasteiger partial charge in [0.2, 0.25) is 0 Å². The van der Waals surface area contributed by atoms with E-state index in [2.05, 4.69) is 22.1 Å². The number of ether oxygens (including phenoxy) is 1. The van der Waals surface area contributed by atoms with Crippen LogP contribution in [0.4, 0.5) is 0 Å². The monoisotopic (exact) mass is 303 g/mol. The number of H-pyrrole nitrogens is 1. The van der Waals surface area contributed by atoms with Gasteiger partial charge in [-0.25, -0.2) is 0 Å². The van der Waals surface area contributed by atoms with Crippen LogP contribution in [0.25, 0.3) is 0 Å². The van der Waals surface area contributed by atoms with Crippen LogP contribution < -0.4 is 10.3 Å². The van der Waals surface area contributed by atoms with Crippen LogP contribution in [0.1, 0.15) is 16.8 Å². The van der Waals surface area contributed by atoms with Crippen molar-refractivity contribution in [3.05, 3.63) is 51.4 Å². The summed E-state index contributed by atoms with van der Waals surface area (Å²) >= 11 is 0. The molecule has 1 aliphatic heterocycles. The normalized spacial score (nSPS) is 14.8. The van der Waals surface area contributed by atoms with Crippen molar-refractivity contribution in [2.24, 2.45) is 0 Å². The summed E-state index contributed by atoms with van der Waals surface area (Å²) in [5.74, 6) is 0.849. The molecule has 2 heterocycles. The van der Waals surface area contributed by atoms with Crippen molar-refractivity contribution >= 4 is 0 Å². The highest BCUT2D eigenvalue weighted by atomic mass is 16.5. The van der Waals surface area contributed by atoms with Crippen LogP contribution in [0, 0.1) is 0 Å². The Hall–Kier alpha value is -2.05. The van der Waals surface area contributed by atoms with E-state index in [4.69, 9.17) is 9.84 Å². The molecule has 0 radical (unpaired) electrons. The Balaban J connectivity index is 1.72. The topological polar surface area (TPSA) is 70.5 Å². The average molecular weight is 303 g/mol. The molecule has 0 saturated carbocycles. The Morgan fingerprint density at radius 1 is 1.32 bits per heavy atom. The predicted octanol–water partition coefficient (Wildman–Crippen LogP) is 0.736. The standard InChI is InChI=1S/C16H21N3O3/c1-22-13-4-2-12(3-5-13)10-18-7-6-15-14(11-18)16(21)19(17-15)8-9-20/h2-5,17,20H,6-11H2,1H3. The summed E-state index contributed by atoms with van der Waals surface area (Å²) < 4.78 is 6.67. The van der Waals surface area contributed by atoms with Gasteiger partial charge >= 0.3 is 0 Å². The number of rotatable bonds is 5. The molecule has 1 aliphatic rings. The summed E-state index contributed by atoms with van der Waals surface area (Å²) in [6, 6.07) is 8.01. The van der Waals surface area contributed by atoms with Crippen molar-refractivity contribution in [2.75, 3.05) is 20.3 Å². The van der Waals surface area contributed by atoms with Crippen molar-refractivity contribution < 1.29 is 9.84 Å². The molecule has 0 atom stereocenters. The van der Waals surface area contributed by atoms with Gasteiger partial charge in [-0.05, 0) is 17.7 Å². The maximum atomic E-state index is 12.3. The van der Waals surface area contributed by atoms with E-state index in [0.717, 1.165) is 36.5 Å². The van der Waals surface area contributed by atoms with Gasteiger partial charge in [-0.2, -0.15) is 0 Å². The Morgan fingerprint density at radius 2 is 2.09 bits per heavy atom. The molecule has 6 nitrogen and oxygen atoms in total. The smallest absolute Gasteiger partial charge is 0.271 e. The van der Waals surface area contributed by atoms with Crippen LogP contribution in [0.3, 0.4) is 0 Å². The largest absolute Gasteiger partial charge is 0.497 e.